The maximum absolute atomic E-state index is 13.9. The first kappa shape index (κ1) is 23.6. The fourth-order valence-electron chi connectivity index (χ4n) is 3.79. The monoisotopic (exact) mass is 472 g/mol. The second-order valence-electron chi connectivity index (χ2n) is 8.85. The fraction of sp³-hybridized carbons (Fsp3) is 0.333. The summed E-state index contributed by atoms with van der Waals surface area (Å²) in [6, 6.07) is 8.25. The highest BCUT2D eigenvalue weighted by molar-refractivity contribution is 5.95. The Kier molecular flexibility index (Phi) is 6.26. The Bertz CT molecular complexity index is 1270. The van der Waals surface area contributed by atoms with Gasteiger partial charge in [0.05, 0.1) is 23.0 Å². The zero-order valence-corrected chi connectivity index (χ0v) is 18.5. The van der Waals surface area contributed by atoms with Gasteiger partial charge in [0, 0.05) is 11.8 Å². The van der Waals surface area contributed by atoms with Crippen LogP contribution in [0, 0.1) is 11.7 Å². The first-order chi connectivity index (χ1) is 16.0. The van der Waals surface area contributed by atoms with E-state index in [4.69, 9.17) is 0 Å². The van der Waals surface area contributed by atoms with Gasteiger partial charge >= 0.3 is 0 Å². The van der Waals surface area contributed by atoms with Crippen LogP contribution in [0.4, 0.5) is 13.2 Å². The molecule has 2 N–H and O–H groups in total. The van der Waals surface area contributed by atoms with Crippen molar-refractivity contribution in [2.24, 2.45) is 5.92 Å². The minimum absolute atomic E-state index is 0.0827. The molecule has 34 heavy (non-hydrogen) atoms. The highest BCUT2D eigenvalue weighted by atomic mass is 19.3. The van der Waals surface area contributed by atoms with E-state index >= 15 is 0 Å². The van der Waals surface area contributed by atoms with Gasteiger partial charge in [0.1, 0.15) is 17.1 Å². The Morgan fingerprint density at radius 3 is 2.50 bits per heavy atom. The van der Waals surface area contributed by atoms with Gasteiger partial charge in [-0.1, -0.05) is 6.07 Å². The molecule has 4 rings (SSSR count). The molecule has 0 spiro atoms. The lowest BCUT2D eigenvalue weighted by atomic mass is 9.94. The Balaban J connectivity index is 1.81. The lowest BCUT2D eigenvalue weighted by molar-refractivity contribution is 0.0275. The van der Waals surface area contributed by atoms with E-state index in [1.807, 2.05) is 0 Å². The zero-order valence-electron chi connectivity index (χ0n) is 18.5. The molecule has 1 saturated carbocycles. The van der Waals surface area contributed by atoms with Crippen LogP contribution in [0.3, 0.4) is 0 Å². The number of hydrogen-bond donors (Lipinski definition) is 2. The first-order valence-corrected chi connectivity index (χ1v) is 10.7. The molecule has 1 amide bonds. The molecular weight excluding hydrogens is 449 g/mol. The number of amides is 1. The maximum Gasteiger partial charge on any atom is 0.284 e. The molecule has 1 unspecified atom stereocenters. The fourth-order valence-corrected chi connectivity index (χ4v) is 3.79. The van der Waals surface area contributed by atoms with Gasteiger partial charge in [0.25, 0.3) is 17.9 Å². The summed E-state index contributed by atoms with van der Waals surface area (Å²) in [5, 5.41) is 17.5. The number of alkyl halides is 2. The second-order valence-corrected chi connectivity index (χ2v) is 8.85. The first-order valence-electron chi connectivity index (χ1n) is 10.7. The molecule has 0 saturated heterocycles. The van der Waals surface area contributed by atoms with E-state index in [-0.39, 0.29) is 28.4 Å². The summed E-state index contributed by atoms with van der Waals surface area (Å²) in [5.74, 6) is -1.25. The summed E-state index contributed by atoms with van der Waals surface area (Å²) >= 11 is 0. The van der Waals surface area contributed by atoms with Crippen molar-refractivity contribution in [2.45, 2.75) is 44.8 Å². The lowest BCUT2D eigenvalue weighted by Crippen LogP contribution is -2.51. The number of nitrogens with one attached hydrogen (secondary N) is 1. The number of rotatable bonds is 7. The highest BCUT2D eigenvalue weighted by Gasteiger charge is 2.41. The van der Waals surface area contributed by atoms with Crippen LogP contribution in [-0.4, -0.2) is 37.4 Å². The molecule has 1 aliphatic carbocycles. The van der Waals surface area contributed by atoms with Crippen molar-refractivity contribution >= 4 is 5.91 Å². The van der Waals surface area contributed by atoms with E-state index in [2.05, 4.69) is 15.4 Å². The van der Waals surface area contributed by atoms with Crippen LogP contribution in [-0.2, 0) is 0 Å². The van der Waals surface area contributed by atoms with Crippen molar-refractivity contribution in [3.8, 4) is 16.9 Å². The predicted octanol–water partition coefficient (Wildman–Crippen LogP) is 3.65. The molecule has 2 aromatic heterocycles. The number of aliphatic hydroxyl groups is 1. The predicted molar refractivity (Wildman–Crippen MR) is 118 cm³/mol. The van der Waals surface area contributed by atoms with Crippen LogP contribution in [0.2, 0.25) is 0 Å². The standard InChI is InChI=1S/C24H23F3N4O3/c1-24(2,34)20(13-6-7-13)29-22(32)17-11-19(14-8-9-18(21(26)27)28-12-14)30-31(23(17)33)16-5-3-4-15(25)10-16/h3-5,8-13,20-21,34H,6-7H2,1-2H3,(H,29,32). The van der Waals surface area contributed by atoms with Gasteiger partial charge in [-0.15, -0.1) is 0 Å². The molecule has 7 nitrogen and oxygen atoms in total. The molecule has 0 radical (unpaired) electrons. The number of benzene rings is 1. The van der Waals surface area contributed by atoms with Crippen LogP contribution >= 0.6 is 0 Å². The Labute approximate surface area is 193 Å². The van der Waals surface area contributed by atoms with Gasteiger partial charge in [-0.25, -0.2) is 13.2 Å². The summed E-state index contributed by atoms with van der Waals surface area (Å²) < 4.78 is 40.5. The number of halogens is 3. The second kappa shape index (κ2) is 9.02. The molecule has 1 aromatic carbocycles. The van der Waals surface area contributed by atoms with Crippen molar-refractivity contribution < 1.29 is 23.1 Å². The lowest BCUT2D eigenvalue weighted by Gasteiger charge is -2.30. The SMILES string of the molecule is CC(C)(O)C(NC(=O)c1cc(-c2ccc(C(F)F)nc2)nn(-c2cccc(F)c2)c1=O)C1CC1. The van der Waals surface area contributed by atoms with E-state index < -0.39 is 41.0 Å². The third-order valence-corrected chi connectivity index (χ3v) is 5.66. The highest BCUT2D eigenvalue weighted by Crippen LogP contribution is 2.37. The maximum atomic E-state index is 13.9. The summed E-state index contributed by atoms with van der Waals surface area (Å²) in [4.78, 5) is 30.1. The molecular formula is C24H23F3N4O3. The van der Waals surface area contributed by atoms with Gasteiger partial charge in [-0.3, -0.25) is 14.6 Å². The Morgan fingerprint density at radius 1 is 1.21 bits per heavy atom. The van der Waals surface area contributed by atoms with Crippen molar-refractivity contribution in [1.82, 2.24) is 20.1 Å². The molecule has 2 heterocycles. The third kappa shape index (κ3) is 5.01. The number of pyridine rings is 1. The number of carbonyl (C=O) groups excluding carboxylic acids is 1. The van der Waals surface area contributed by atoms with Crippen molar-refractivity contribution in [3.05, 3.63) is 76.1 Å². The van der Waals surface area contributed by atoms with E-state index in [0.29, 0.717) is 0 Å². The van der Waals surface area contributed by atoms with E-state index in [9.17, 15) is 27.9 Å². The summed E-state index contributed by atoms with van der Waals surface area (Å²) in [6.45, 7) is 3.16. The van der Waals surface area contributed by atoms with Gasteiger partial charge < -0.3 is 10.4 Å². The van der Waals surface area contributed by atoms with Crippen LogP contribution in [0.15, 0.2) is 53.5 Å². The van der Waals surface area contributed by atoms with Crippen molar-refractivity contribution in [1.29, 1.82) is 0 Å². The Morgan fingerprint density at radius 2 is 1.94 bits per heavy atom. The van der Waals surface area contributed by atoms with E-state index in [0.717, 1.165) is 35.9 Å². The molecule has 1 aliphatic rings. The smallest absolute Gasteiger partial charge is 0.284 e. The van der Waals surface area contributed by atoms with Gasteiger partial charge in [0.2, 0.25) is 0 Å². The van der Waals surface area contributed by atoms with Crippen LogP contribution < -0.4 is 10.9 Å². The van der Waals surface area contributed by atoms with Gasteiger partial charge in [-0.05, 0) is 69.0 Å². The van der Waals surface area contributed by atoms with Crippen LogP contribution in [0.25, 0.3) is 16.9 Å². The summed E-state index contributed by atoms with van der Waals surface area (Å²) in [5.41, 5.74) is -2.27. The number of carbonyl (C=O) groups is 1. The molecule has 0 bridgehead atoms. The molecule has 0 aliphatic heterocycles. The van der Waals surface area contributed by atoms with Gasteiger partial charge in [-0.2, -0.15) is 9.78 Å². The van der Waals surface area contributed by atoms with E-state index in [1.165, 1.54) is 30.3 Å². The number of hydrogen-bond acceptors (Lipinski definition) is 5. The minimum Gasteiger partial charge on any atom is -0.388 e. The molecule has 3 aromatic rings. The molecule has 10 heteroatoms. The largest absolute Gasteiger partial charge is 0.388 e. The normalized spacial score (nSPS) is 14.8. The Hall–Kier alpha value is -3.53. The van der Waals surface area contributed by atoms with Crippen molar-refractivity contribution in [3.63, 3.8) is 0 Å². The van der Waals surface area contributed by atoms with Crippen LogP contribution in [0.1, 0.15) is 49.2 Å². The third-order valence-electron chi connectivity index (χ3n) is 5.66. The van der Waals surface area contributed by atoms with Gasteiger partial charge in [0.15, 0.2) is 0 Å². The summed E-state index contributed by atoms with van der Waals surface area (Å²) in [6.07, 6.45) is 0.0829. The van der Waals surface area contributed by atoms with Crippen LogP contribution in [0.5, 0.6) is 0 Å². The topological polar surface area (TPSA) is 97.1 Å². The number of nitrogens with zero attached hydrogens (tertiary/aromatic N) is 3. The van der Waals surface area contributed by atoms with Crippen molar-refractivity contribution in [2.75, 3.05) is 0 Å². The average molecular weight is 472 g/mol. The zero-order chi connectivity index (χ0) is 24.6. The minimum atomic E-state index is -2.76. The average Bonchev–Trinajstić information content (AvgIpc) is 3.62. The molecule has 1 fully saturated rings. The molecule has 1 atom stereocenters. The molecule has 178 valence electrons. The number of aromatic nitrogens is 3. The quantitative estimate of drug-likeness (QED) is 0.547. The van der Waals surface area contributed by atoms with E-state index in [1.54, 1.807) is 13.8 Å². The summed E-state index contributed by atoms with van der Waals surface area (Å²) in [7, 11) is 0.